The normalized spacial score (nSPS) is 26.8. The van der Waals surface area contributed by atoms with Crippen molar-refractivity contribution in [1.29, 1.82) is 0 Å². The molecule has 3 atom stereocenters. The van der Waals surface area contributed by atoms with Gasteiger partial charge in [0, 0.05) is 47.1 Å². The second-order valence-electron chi connectivity index (χ2n) is 9.92. The molecule has 9 heteroatoms. The van der Waals surface area contributed by atoms with Gasteiger partial charge in [-0.25, -0.2) is 0 Å². The maximum Gasteiger partial charge on any atom is 0.420 e. The van der Waals surface area contributed by atoms with Gasteiger partial charge in [-0.05, 0) is 80.2 Å². The number of nitrogens with zero attached hydrogens (tertiary/aromatic N) is 3. The van der Waals surface area contributed by atoms with Crippen LogP contribution >= 0.6 is 0 Å². The van der Waals surface area contributed by atoms with Crippen LogP contribution in [-0.4, -0.2) is 61.0 Å². The predicted molar refractivity (Wildman–Crippen MR) is 127 cm³/mol. The van der Waals surface area contributed by atoms with Crippen molar-refractivity contribution in [3.63, 3.8) is 0 Å². The molecule has 1 saturated carbocycles. The summed E-state index contributed by atoms with van der Waals surface area (Å²) < 4.78 is 70.2. The highest BCUT2D eigenvalue weighted by molar-refractivity contribution is 5.66. The van der Waals surface area contributed by atoms with E-state index >= 15 is 0 Å². The molecule has 0 bridgehead atoms. The van der Waals surface area contributed by atoms with Crippen molar-refractivity contribution in [2.45, 2.75) is 44.8 Å². The number of anilines is 1. The number of hydrogen-bond donors (Lipinski definition) is 1. The van der Waals surface area contributed by atoms with E-state index in [4.69, 9.17) is 12.2 Å². The summed E-state index contributed by atoms with van der Waals surface area (Å²) in [5.41, 5.74) is 0.644. The molecular weight excluding hydrogens is 457 g/mol. The Hall–Kier alpha value is -2.39. The highest BCUT2D eigenvalue weighted by Crippen LogP contribution is 2.42. The predicted octanol–water partition coefficient (Wildman–Crippen LogP) is 5.03. The average Bonchev–Trinajstić information content (AvgIpc) is 3.43. The van der Waals surface area contributed by atoms with Gasteiger partial charge in [-0.15, -0.1) is 10.2 Å². The van der Waals surface area contributed by atoms with Crippen molar-refractivity contribution in [1.82, 2.24) is 15.1 Å². The molecule has 190 valence electrons. The van der Waals surface area contributed by atoms with Gasteiger partial charge in [-0.3, -0.25) is 0 Å². The van der Waals surface area contributed by atoms with Crippen LogP contribution in [0.5, 0.6) is 5.75 Å². The zero-order valence-electron chi connectivity index (χ0n) is 22.1. The molecule has 2 aliphatic heterocycles. The van der Waals surface area contributed by atoms with Crippen LogP contribution in [0, 0.1) is 24.7 Å². The van der Waals surface area contributed by atoms with Gasteiger partial charge in [0.2, 0.25) is 0 Å². The zero-order valence-corrected chi connectivity index (χ0v) is 20.1. The first kappa shape index (κ1) is 21.9. The lowest BCUT2D eigenvalue weighted by atomic mass is 10.00. The second kappa shape index (κ2) is 9.93. The molecule has 2 aromatic rings. The van der Waals surface area contributed by atoms with E-state index in [0.29, 0.717) is 63.3 Å². The van der Waals surface area contributed by atoms with Crippen molar-refractivity contribution in [3.8, 4) is 17.0 Å². The van der Waals surface area contributed by atoms with Gasteiger partial charge in [0.25, 0.3) is 0 Å². The van der Waals surface area contributed by atoms with E-state index in [1.807, 2.05) is 4.90 Å². The van der Waals surface area contributed by atoms with E-state index < -0.39 is 18.2 Å². The fourth-order valence-corrected chi connectivity index (χ4v) is 5.70. The third-order valence-corrected chi connectivity index (χ3v) is 7.49. The summed E-state index contributed by atoms with van der Waals surface area (Å²) in [6.07, 6.45) is -1.78. The molecule has 3 heterocycles. The van der Waals surface area contributed by atoms with Crippen molar-refractivity contribution < 1.29 is 25.4 Å². The number of alkyl halides is 3. The Morgan fingerprint density at radius 1 is 1.14 bits per heavy atom. The van der Waals surface area contributed by atoms with E-state index in [2.05, 4.69) is 15.5 Å². The van der Waals surface area contributed by atoms with Gasteiger partial charge in [0.1, 0.15) is 11.3 Å². The first-order chi connectivity index (χ1) is 17.6. The zero-order chi connectivity index (χ0) is 26.4. The van der Waals surface area contributed by atoms with Crippen molar-refractivity contribution in [2.75, 3.05) is 45.2 Å². The van der Waals surface area contributed by atoms with Crippen molar-refractivity contribution >= 4 is 5.82 Å². The Bertz CT molecular complexity index is 1110. The summed E-state index contributed by atoms with van der Waals surface area (Å²) in [5.74, 6) is 0.815. The van der Waals surface area contributed by atoms with Crippen LogP contribution in [0.3, 0.4) is 0 Å². The molecule has 2 saturated heterocycles. The molecule has 35 heavy (non-hydrogen) atoms. The van der Waals surface area contributed by atoms with E-state index in [9.17, 15) is 13.2 Å². The van der Waals surface area contributed by atoms with E-state index in [-0.39, 0.29) is 35.3 Å². The number of aromatic nitrogens is 2. The van der Waals surface area contributed by atoms with E-state index in [1.165, 1.54) is 7.11 Å². The van der Waals surface area contributed by atoms with Crippen LogP contribution in [0.25, 0.3) is 11.3 Å². The molecule has 0 radical (unpaired) electrons. The molecule has 1 aromatic carbocycles. The number of halogens is 3. The topological polar surface area (TPSA) is 59.5 Å². The molecule has 0 spiro atoms. The monoisotopic (exact) mass is 492 g/mol. The summed E-state index contributed by atoms with van der Waals surface area (Å²) >= 11 is 0. The molecular formula is C26H33F3N4O2. The van der Waals surface area contributed by atoms with Gasteiger partial charge in [-0.2, -0.15) is 13.2 Å². The Labute approximate surface area is 207 Å². The highest BCUT2D eigenvalue weighted by Gasteiger charge is 2.43. The minimum absolute atomic E-state index is 0.0496. The highest BCUT2D eigenvalue weighted by atomic mass is 19.4. The number of fused-ring (bicyclic) bond motifs is 1. The number of methoxy groups -OCH3 is 1. The third kappa shape index (κ3) is 5.40. The Balaban J connectivity index is 1.28. The van der Waals surface area contributed by atoms with E-state index in [0.717, 1.165) is 11.6 Å². The third-order valence-electron chi connectivity index (χ3n) is 7.49. The Morgan fingerprint density at radius 2 is 1.86 bits per heavy atom. The van der Waals surface area contributed by atoms with Gasteiger partial charge in [0.15, 0.2) is 5.82 Å². The lowest BCUT2D eigenvalue weighted by Gasteiger charge is -2.28. The van der Waals surface area contributed by atoms with Crippen LogP contribution in [0.15, 0.2) is 24.3 Å². The van der Waals surface area contributed by atoms with Crippen molar-refractivity contribution in [3.05, 3.63) is 35.4 Å². The summed E-state index contributed by atoms with van der Waals surface area (Å²) in [6, 6.07) is 6.03. The maximum absolute atomic E-state index is 14.0. The molecule has 3 fully saturated rings. The van der Waals surface area contributed by atoms with Crippen LogP contribution in [-0.2, 0) is 10.9 Å². The Kier molecular flexibility index (Phi) is 6.20. The lowest BCUT2D eigenvalue weighted by molar-refractivity contribution is -0.137. The first-order valence-corrected chi connectivity index (χ1v) is 12.3. The number of aryl methyl sites for hydroxylation is 1. The van der Waals surface area contributed by atoms with Crippen LogP contribution in [0.4, 0.5) is 19.0 Å². The van der Waals surface area contributed by atoms with Crippen LogP contribution < -0.4 is 10.1 Å². The summed E-state index contributed by atoms with van der Waals surface area (Å²) in [7, 11) is 1.54. The smallest absolute Gasteiger partial charge is 0.420 e. The second-order valence-corrected chi connectivity index (χ2v) is 9.92. The standard InChI is InChI=1S/C26H33F3N4O2/c1-16-9-21(34-2)3-4-22(16)24-12-23(26(27,28)29)25(32-31-24)30-20-10-18-14-33(15-19(18)11-20)13-17-5-7-35-8-6-17/h3-4,9,12,17-20H,5-8,10-11,13-15H2,1-2H3,(H,30,32)/t18-,19+,20?/i13D2. The number of rotatable bonds is 6. The van der Waals surface area contributed by atoms with Crippen molar-refractivity contribution in [2.24, 2.45) is 17.8 Å². The minimum atomic E-state index is -4.58. The van der Waals surface area contributed by atoms with Gasteiger partial charge < -0.3 is 19.7 Å². The lowest BCUT2D eigenvalue weighted by Crippen LogP contribution is -2.32. The SMILES string of the molecule is [2H]C([2H])(C1CCOCC1)N1C[C@H]2CC(Nc3nnc(-c4ccc(OC)cc4C)cc3C(F)(F)F)C[C@H]2C1. The quantitative estimate of drug-likeness (QED) is 0.611. The van der Waals surface area contributed by atoms with Gasteiger partial charge >= 0.3 is 6.18 Å². The maximum atomic E-state index is 14.0. The molecule has 1 unspecified atom stereocenters. The van der Waals surface area contributed by atoms with Gasteiger partial charge in [0.05, 0.1) is 12.8 Å². The molecule has 6 nitrogen and oxygen atoms in total. The number of likely N-dealkylation sites (tertiary alicyclic amines) is 1. The summed E-state index contributed by atoms with van der Waals surface area (Å²) in [5, 5.41) is 11.1. The molecule has 0 amide bonds. The van der Waals surface area contributed by atoms with Crippen LogP contribution in [0.1, 0.15) is 39.6 Å². The molecule has 5 rings (SSSR count). The largest absolute Gasteiger partial charge is 0.497 e. The first-order valence-electron chi connectivity index (χ1n) is 13.3. The molecule has 1 aliphatic carbocycles. The summed E-state index contributed by atoms with van der Waals surface area (Å²) in [6.45, 7) is 2.85. The average molecular weight is 493 g/mol. The number of benzene rings is 1. The summed E-state index contributed by atoms with van der Waals surface area (Å²) in [4.78, 5) is 1.95. The van der Waals surface area contributed by atoms with E-state index in [1.54, 1.807) is 25.1 Å². The minimum Gasteiger partial charge on any atom is -0.497 e. The molecule has 3 aliphatic rings. The van der Waals surface area contributed by atoms with Crippen LogP contribution in [0.2, 0.25) is 0 Å². The Morgan fingerprint density at radius 3 is 2.49 bits per heavy atom. The molecule has 1 N–H and O–H groups in total. The number of hydrogen-bond acceptors (Lipinski definition) is 6. The molecule has 1 aromatic heterocycles. The fraction of sp³-hybridized carbons (Fsp3) is 0.615. The fourth-order valence-electron chi connectivity index (χ4n) is 5.70. The number of nitrogens with one attached hydrogen (secondary N) is 1. The van der Waals surface area contributed by atoms with Gasteiger partial charge in [-0.1, -0.05) is 0 Å². The number of ether oxygens (including phenoxy) is 2.